The molecule has 1 rings (SSSR count). The Labute approximate surface area is 117 Å². The number of hydrogen-bond acceptors (Lipinski definition) is 4. The van der Waals surface area contributed by atoms with Gasteiger partial charge < -0.3 is 19.9 Å². The van der Waals surface area contributed by atoms with E-state index in [0.717, 1.165) is 26.0 Å². The lowest BCUT2D eigenvalue weighted by Gasteiger charge is -2.30. The standard InChI is InChI=1S/C15H31NO3/c1-12(2)15(3,4)11-16-8-13(17)9-18-10-14-6-5-7-19-14/h12-14,16-17H,5-11H2,1-4H3. The fourth-order valence-electron chi connectivity index (χ4n) is 1.94. The van der Waals surface area contributed by atoms with Crippen molar-refractivity contribution in [3.8, 4) is 0 Å². The molecule has 0 saturated carbocycles. The second kappa shape index (κ2) is 8.20. The maximum atomic E-state index is 9.83. The number of ether oxygens (including phenoxy) is 2. The molecule has 4 heteroatoms. The van der Waals surface area contributed by atoms with Crippen LogP contribution in [0.1, 0.15) is 40.5 Å². The molecule has 1 heterocycles. The molecule has 114 valence electrons. The highest BCUT2D eigenvalue weighted by Gasteiger charge is 2.22. The van der Waals surface area contributed by atoms with Crippen molar-refractivity contribution in [1.29, 1.82) is 0 Å². The van der Waals surface area contributed by atoms with E-state index in [0.29, 0.717) is 25.7 Å². The Kier molecular flexibility index (Phi) is 7.29. The summed E-state index contributed by atoms with van der Waals surface area (Å²) in [4.78, 5) is 0. The van der Waals surface area contributed by atoms with Crippen LogP contribution in [0, 0.1) is 11.3 Å². The summed E-state index contributed by atoms with van der Waals surface area (Å²) in [5, 5.41) is 13.2. The van der Waals surface area contributed by atoms with Crippen molar-refractivity contribution in [1.82, 2.24) is 5.32 Å². The molecule has 1 aliphatic rings. The topological polar surface area (TPSA) is 50.7 Å². The minimum atomic E-state index is -0.440. The summed E-state index contributed by atoms with van der Waals surface area (Å²) in [6.07, 6.45) is 2.00. The van der Waals surface area contributed by atoms with Crippen molar-refractivity contribution in [2.45, 2.75) is 52.7 Å². The zero-order valence-electron chi connectivity index (χ0n) is 12.9. The summed E-state index contributed by atoms with van der Waals surface area (Å²) in [6, 6.07) is 0. The van der Waals surface area contributed by atoms with Crippen molar-refractivity contribution in [3.63, 3.8) is 0 Å². The Balaban J connectivity index is 2.02. The molecule has 0 amide bonds. The third-order valence-corrected chi connectivity index (χ3v) is 4.16. The molecule has 4 nitrogen and oxygen atoms in total. The lowest BCUT2D eigenvalue weighted by molar-refractivity contribution is -0.0169. The first-order valence-electron chi connectivity index (χ1n) is 7.50. The zero-order chi connectivity index (χ0) is 14.3. The van der Waals surface area contributed by atoms with Gasteiger partial charge >= 0.3 is 0 Å². The highest BCUT2D eigenvalue weighted by atomic mass is 16.5. The number of nitrogens with one attached hydrogen (secondary N) is 1. The van der Waals surface area contributed by atoms with E-state index in [9.17, 15) is 5.11 Å². The molecule has 0 spiro atoms. The van der Waals surface area contributed by atoms with Gasteiger partial charge in [0.1, 0.15) is 0 Å². The molecule has 1 saturated heterocycles. The van der Waals surface area contributed by atoms with Crippen LogP contribution in [0.2, 0.25) is 0 Å². The van der Waals surface area contributed by atoms with Gasteiger partial charge in [-0.25, -0.2) is 0 Å². The van der Waals surface area contributed by atoms with Crippen LogP contribution in [0.4, 0.5) is 0 Å². The summed E-state index contributed by atoms with van der Waals surface area (Å²) < 4.78 is 11.0. The first kappa shape index (κ1) is 16.9. The van der Waals surface area contributed by atoms with E-state index in [2.05, 4.69) is 33.0 Å². The Morgan fingerprint density at radius 1 is 1.42 bits per heavy atom. The Morgan fingerprint density at radius 2 is 2.16 bits per heavy atom. The number of hydrogen-bond donors (Lipinski definition) is 2. The van der Waals surface area contributed by atoms with Gasteiger partial charge in [0.2, 0.25) is 0 Å². The highest BCUT2D eigenvalue weighted by Crippen LogP contribution is 2.24. The van der Waals surface area contributed by atoms with Crippen LogP contribution in [0.25, 0.3) is 0 Å². The van der Waals surface area contributed by atoms with E-state index in [4.69, 9.17) is 9.47 Å². The molecule has 0 aromatic carbocycles. The number of aliphatic hydroxyl groups excluding tert-OH is 1. The lowest BCUT2D eigenvalue weighted by Crippen LogP contribution is -2.38. The van der Waals surface area contributed by atoms with Crippen LogP contribution in [0.5, 0.6) is 0 Å². The normalized spacial score (nSPS) is 22.1. The second-order valence-electron chi connectivity index (χ2n) is 6.60. The van der Waals surface area contributed by atoms with Crippen LogP contribution >= 0.6 is 0 Å². The summed E-state index contributed by atoms with van der Waals surface area (Å²) >= 11 is 0. The number of rotatable bonds is 9. The van der Waals surface area contributed by atoms with Gasteiger partial charge in [0.15, 0.2) is 0 Å². The van der Waals surface area contributed by atoms with Crippen molar-refractivity contribution < 1.29 is 14.6 Å². The molecule has 1 fully saturated rings. The Bertz CT molecular complexity index is 238. The minimum Gasteiger partial charge on any atom is -0.389 e. The maximum Gasteiger partial charge on any atom is 0.0897 e. The molecule has 1 aliphatic heterocycles. The largest absolute Gasteiger partial charge is 0.389 e. The van der Waals surface area contributed by atoms with Crippen LogP contribution in [-0.2, 0) is 9.47 Å². The third kappa shape index (κ3) is 6.70. The third-order valence-electron chi connectivity index (χ3n) is 4.16. The molecule has 0 aromatic rings. The predicted molar refractivity (Wildman–Crippen MR) is 77.3 cm³/mol. The van der Waals surface area contributed by atoms with Gasteiger partial charge in [-0.05, 0) is 24.2 Å². The van der Waals surface area contributed by atoms with Gasteiger partial charge in [0, 0.05) is 19.7 Å². The van der Waals surface area contributed by atoms with E-state index in [-0.39, 0.29) is 11.5 Å². The molecular formula is C15H31NO3. The summed E-state index contributed by atoms with van der Waals surface area (Å²) in [5.41, 5.74) is 0.248. The van der Waals surface area contributed by atoms with E-state index in [1.807, 2.05) is 0 Å². The fraction of sp³-hybridized carbons (Fsp3) is 1.00. The molecule has 0 bridgehead atoms. The molecule has 2 unspecified atom stereocenters. The van der Waals surface area contributed by atoms with E-state index in [1.165, 1.54) is 0 Å². The van der Waals surface area contributed by atoms with Crippen LogP contribution < -0.4 is 5.32 Å². The highest BCUT2D eigenvalue weighted by molar-refractivity contribution is 4.75. The fourth-order valence-corrected chi connectivity index (χ4v) is 1.94. The summed E-state index contributed by atoms with van der Waals surface area (Å²) in [6.45, 7) is 12.3. The zero-order valence-corrected chi connectivity index (χ0v) is 12.9. The molecule has 0 radical (unpaired) electrons. The average molecular weight is 273 g/mol. The summed E-state index contributed by atoms with van der Waals surface area (Å²) in [5.74, 6) is 0.618. The monoisotopic (exact) mass is 273 g/mol. The van der Waals surface area contributed by atoms with Gasteiger partial charge in [-0.3, -0.25) is 0 Å². The van der Waals surface area contributed by atoms with Gasteiger partial charge in [-0.15, -0.1) is 0 Å². The Hall–Kier alpha value is -0.160. The molecule has 2 atom stereocenters. The second-order valence-corrected chi connectivity index (χ2v) is 6.60. The van der Waals surface area contributed by atoms with Gasteiger partial charge in [-0.2, -0.15) is 0 Å². The van der Waals surface area contributed by atoms with E-state index in [1.54, 1.807) is 0 Å². The van der Waals surface area contributed by atoms with E-state index < -0.39 is 6.10 Å². The van der Waals surface area contributed by atoms with Gasteiger partial charge in [0.25, 0.3) is 0 Å². The molecule has 0 aromatic heterocycles. The summed E-state index contributed by atoms with van der Waals surface area (Å²) in [7, 11) is 0. The Morgan fingerprint density at radius 3 is 2.74 bits per heavy atom. The van der Waals surface area contributed by atoms with Gasteiger partial charge in [-0.1, -0.05) is 27.7 Å². The average Bonchev–Trinajstić information content (AvgIpc) is 2.81. The van der Waals surface area contributed by atoms with Crippen molar-refractivity contribution in [2.75, 3.05) is 32.9 Å². The van der Waals surface area contributed by atoms with Crippen molar-refractivity contribution in [3.05, 3.63) is 0 Å². The van der Waals surface area contributed by atoms with Crippen molar-refractivity contribution in [2.24, 2.45) is 11.3 Å². The van der Waals surface area contributed by atoms with Crippen LogP contribution in [-0.4, -0.2) is 50.2 Å². The first-order valence-corrected chi connectivity index (χ1v) is 7.50. The SMILES string of the molecule is CC(C)C(C)(C)CNCC(O)COCC1CCCO1. The quantitative estimate of drug-likeness (QED) is 0.673. The minimum absolute atomic E-state index is 0.236. The molecule has 0 aliphatic carbocycles. The predicted octanol–water partition coefficient (Wildman–Crippen LogP) is 1.81. The molecule has 2 N–H and O–H groups in total. The van der Waals surface area contributed by atoms with Gasteiger partial charge in [0.05, 0.1) is 25.4 Å². The van der Waals surface area contributed by atoms with Crippen LogP contribution in [0.15, 0.2) is 0 Å². The lowest BCUT2D eigenvalue weighted by atomic mass is 9.81. The maximum absolute atomic E-state index is 9.83. The molecule has 19 heavy (non-hydrogen) atoms. The van der Waals surface area contributed by atoms with E-state index >= 15 is 0 Å². The molecular weight excluding hydrogens is 242 g/mol. The van der Waals surface area contributed by atoms with Crippen molar-refractivity contribution >= 4 is 0 Å². The first-order chi connectivity index (χ1) is 8.92. The number of aliphatic hydroxyl groups is 1. The smallest absolute Gasteiger partial charge is 0.0897 e. The van der Waals surface area contributed by atoms with Crippen LogP contribution in [0.3, 0.4) is 0 Å².